The quantitative estimate of drug-likeness (QED) is 0.485. The van der Waals surface area contributed by atoms with E-state index in [9.17, 15) is 9.59 Å². The number of nitrogens with two attached hydrogens (primary N) is 1. The van der Waals surface area contributed by atoms with Gasteiger partial charge in [0.15, 0.2) is 0 Å². The van der Waals surface area contributed by atoms with Crippen LogP contribution in [0.5, 0.6) is 0 Å². The predicted octanol–water partition coefficient (Wildman–Crippen LogP) is -0.608. The molecular weight excluding hydrogens is 176 g/mol. The number of hydrogen-bond donors (Lipinski definition) is 3. The van der Waals surface area contributed by atoms with Gasteiger partial charge in [-0.05, 0) is 0 Å². The molecule has 0 rings (SSSR count). The van der Waals surface area contributed by atoms with Crippen LogP contribution in [0.25, 0.3) is 0 Å². The van der Waals surface area contributed by atoms with Crippen LogP contribution in [0.4, 0.5) is 4.79 Å². The fraction of sp³-hybridized carbons (Fsp3) is 0.714. The molecule has 0 aliphatic rings. The zero-order valence-electron chi connectivity index (χ0n) is 7.45. The molecule has 0 aromatic heterocycles. The monoisotopic (exact) mass is 190 g/mol. The topological polar surface area (TPSA) is 102 Å². The molecule has 13 heavy (non-hydrogen) atoms. The highest BCUT2D eigenvalue weighted by molar-refractivity contribution is 5.69. The van der Waals surface area contributed by atoms with Crippen LogP contribution in [0.15, 0.2) is 0 Å². The highest BCUT2D eigenvalue weighted by Gasteiger charge is 2.08. The molecule has 0 aliphatic carbocycles. The van der Waals surface area contributed by atoms with Crippen LogP contribution < -0.4 is 11.1 Å². The maximum absolute atomic E-state index is 10.3. The summed E-state index contributed by atoms with van der Waals surface area (Å²) < 4.78 is 4.41. The van der Waals surface area contributed by atoms with Crippen molar-refractivity contribution in [3.8, 4) is 0 Å². The lowest BCUT2D eigenvalue weighted by Gasteiger charge is -2.07. The van der Waals surface area contributed by atoms with E-state index in [0.717, 1.165) is 0 Å². The van der Waals surface area contributed by atoms with Crippen molar-refractivity contribution in [2.24, 2.45) is 11.7 Å². The Labute approximate surface area is 76.0 Å². The standard InChI is InChI=1S/C7H14N2O4/c1-5(6(10)11)4-9-2-3-13-7(8)12/h5,9H,2-4H2,1H3,(H2,8,12)(H,10,11). The lowest BCUT2D eigenvalue weighted by atomic mass is 10.2. The van der Waals surface area contributed by atoms with Crippen LogP contribution >= 0.6 is 0 Å². The smallest absolute Gasteiger partial charge is 0.404 e. The summed E-state index contributed by atoms with van der Waals surface area (Å²) in [6.45, 7) is 2.49. The molecular formula is C7H14N2O4. The molecule has 0 bridgehead atoms. The lowest BCUT2D eigenvalue weighted by molar-refractivity contribution is -0.140. The highest BCUT2D eigenvalue weighted by atomic mass is 16.5. The highest BCUT2D eigenvalue weighted by Crippen LogP contribution is 1.90. The van der Waals surface area contributed by atoms with Gasteiger partial charge in [-0.15, -0.1) is 0 Å². The minimum Gasteiger partial charge on any atom is -0.481 e. The van der Waals surface area contributed by atoms with Gasteiger partial charge in [-0.3, -0.25) is 4.79 Å². The molecule has 1 atom stereocenters. The molecule has 76 valence electrons. The molecule has 0 aromatic rings. The first-order valence-electron chi connectivity index (χ1n) is 3.89. The van der Waals surface area contributed by atoms with Gasteiger partial charge in [0.1, 0.15) is 6.61 Å². The van der Waals surface area contributed by atoms with Crippen LogP contribution in [0, 0.1) is 5.92 Å². The predicted molar refractivity (Wildman–Crippen MR) is 45.2 cm³/mol. The van der Waals surface area contributed by atoms with E-state index in [1.165, 1.54) is 0 Å². The van der Waals surface area contributed by atoms with Gasteiger partial charge in [-0.2, -0.15) is 0 Å². The Morgan fingerprint density at radius 3 is 2.69 bits per heavy atom. The van der Waals surface area contributed by atoms with Crippen LogP contribution in [0.1, 0.15) is 6.92 Å². The summed E-state index contributed by atoms with van der Waals surface area (Å²) in [5.74, 6) is -1.31. The Morgan fingerprint density at radius 2 is 2.23 bits per heavy atom. The summed E-state index contributed by atoms with van der Waals surface area (Å²) in [4.78, 5) is 20.4. The number of hydrogen-bond acceptors (Lipinski definition) is 4. The van der Waals surface area contributed by atoms with E-state index >= 15 is 0 Å². The molecule has 0 radical (unpaired) electrons. The number of rotatable bonds is 6. The number of carbonyl (C=O) groups excluding carboxylic acids is 1. The van der Waals surface area contributed by atoms with Gasteiger partial charge in [-0.1, -0.05) is 6.92 Å². The molecule has 1 unspecified atom stereocenters. The normalized spacial score (nSPS) is 12.1. The fourth-order valence-electron chi connectivity index (χ4n) is 0.630. The maximum atomic E-state index is 10.3. The molecule has 0 spiro atoms. The first-order valence-corrected chi connectivity index (χ1v) is 3.89. The first-order chi connectivity index (χ1) is 6.04. The van der Waals surface area contributed by atoms with Gasteiger partial charge < -0.3 is 20.9 Å². The third-order valence-electron chi connectivity index (χ3n) is 1.40. The third kappa shape index (κ3) is 7.07. The molecule has 1 amide bonds. The Bertz CT molecular complexity index is 183. The number of carboxylic acids is 1. The molecule has 0 heterocycles. The average molecular weight is 190 g/mol. The van der Waals surface area contributed by atoms with E-state index in [-0.39, 0.29) is 6.61 Å². The van der Waals surface area contributed by atoms with E-state index in [1.807, 2.05) is 0 Å². The number of aliphatic carboxylic acids is 1. The van der Waals surface area contributed by atoms with Crippen molar-refractivity contribution in [1.29, 1.82) is 0 Å². The lowest BCUT2D eigenvalue weighted by Crippen LogP contribution is -2.30. The van der Waals surface area contributed by atoms with Crippen molar-refractivity contribution in [2.75, 3.05) is 19.7 Å². The Hall–Kier alpha value is -1.30. The van der Waals surface area contributed by atoms with Gasteiger partial charge in [-0.25, -0.2) is 4.79 Å². The molecule has 6 nitrogen and oxygen atoms in total. The van der Waals surface area contributed by atoms with Crippen molar-refractivity contribution in [1.82, 2.24) is 5.32 Å². The van der Waals surface area contributed by atoms with Gasteiger partial charge >= 0.3 is 12.1 Å². The minimum atomic E-state index is -0.858. The maximum Gasteiger partial charge on any atom is 0.404 e. The second-order valence-corrected chi connectivity index (χ2v) is 2.61. The largest absolute Gasteiger partial charge is 0.481 e. The number of primary amides is 1. The van der Waals surface area contributed by atoms with E-state index in [1.54, 1.807) is 6.92 Å². The van der Waals surface area contributed by atoms with Crippen molar-refractivity contribution in [3.63, 3.8) is 0 Å². The van der Waals surface area contributed by atoms with Gasteiger partial charge in [0.25, 0.3) is 0 Å². The van der Waals surface area contributed by atoms with Crippen LogP contribution in [0.3, 0.4) is 0 Å². The summed E-state index contributed by atoms with van der Waals surface area (Å²) in [6, 6.07) is 0. The van der Waals surface area contributed by atoms with E-state index in [4.69, 9.17) is 10.8 Å². The summed E-state index contributed by atoms with van der Waals surface area (Å²) >= 11 is 0. The summed E-state index contributed by atoms with van der Waals surface area (Å²) in [7, 11) is 0. The third-order valence-corrected chi connectivity index (χ3v) is 1.40. The zero-order valence-corrected chi connectivity index (χ0v) is 7.45. The number of amides is 1. The van der Waals surface area contributed by atoms with Gasteiger partial charge in [0, 0.05) is 13.1 Å². The second-order valence-electron chi connectivity index (χ2n) is 2.61. The summed E-state index contributed by atoms with van der Waals surface area (Å²) in [6.07, 6.45) is -0.826. The zero-order chi connectivity index (χ0) is 10.3. The van der Waals surface area contributed by atoms with Crippen molar-refractivity contribution in [3.05, 3.63) is 0 Å². The molecule has 0 fully saturated rings. The Kier molecular flexibility index (Phi) is 5.62. The molecule has 0 aromatic carbocycles. The molecule has 4 N–H and O–H groups in total. The van der Waals surface area contributed by atoms with Gasteiger partial charge in [0.05, 0.1) is 5.92 Å². The molecule has 6 heteroatoms. The number of carboxylic acid groups (broad SMARTS) is 1. The van der Waals surface area contributed by atoms with E-state index in [2.05, 4.69) is 10.1 Å². The first kappa shape index (κ1) is 11.7. The van der Waals surface area contributed by atoms with Gasteiger partial charge in [0.2, 0.25) is 0 Å². The Balaban J connectivity index is 3.26. The molecule has 0 saturated carbocycles. The van der Waals surface area contributed by atoms with E-state index < -0.39 is 18.0 Å². The number of nitrogens with one attached hydrogen (secondary N) is 1. The van der Waals surface area contributed by atoms with Crippen molar-refractivity contribution >= 4 is 12.1 Å². The van der Waals surface area contributed by atoms with Crippen LogP contribution in [-0.4, -0.2) is 36.9 Å². The summed E-state index contributed by atoms with van der Waals surface area (Å²) in [5, 5.41) is 11.3. The summed E-state index contributed by atoms with van der Waals surface area (Å²) in [5.41, 5.74) is 4.70. The van der Waals surface area contributed by atoms with Crippen LogP contribution in [0.2, 0.25) is 0 Å². The number of ether oxygens (including phenoxy) is 1. The van der Waals surface area contributed by atoms with Crippen molar-refractivity contribution < 1.29 is 19.4 Å². The number of carbonyl (C=O) groups is 2. The SMILES string of the molecule is CC(CNCCOC(N)=O)C(=O)O. The Morgan fingerprint density at radius 1 is 1.62 bits per heavy atom. The van der Waals surface area contributed by atoms with E-state index in [0.29, 0.717) is 13.1 Å². The fourth-order valence-corrected chi connectivity index (χ4v) is 0.630. The molecule has 0 aliphatic heterocycles. The van der Waals surface area contributed by atoms with Crippen molar-refractivity contribution in [2.45, 2.75) is 6.92 Å². The average Bonchev–Trinajstić information content (AvgIpc) is 2.02. The second kappa shape index (κ2) is 6.24. The minimum absolute atomic E-state index is 0.154. The van der Waals surface area contributed by atoms with Crippen LogP contribution in [-0.2, 0) is 9.53 Å². The molecule has 0 saturated heterocycles.